The van der Waals surface area contributed by atoms with Gasteiger partial charge in [-0.2, -0.15) is 0 Å². The molecule has 1 aromatic rings. The molecule has 0 aliphatic heterocycles. The molecule has 1 atom stereocenters. The van der Waals surface area contributed by atoms with Crippen molar-refractivity contribution in [2.45, 2.75) is 30.7 Å². The highest BCUT2D eigenvalue weighted by Gasteiger charge is 2.17. The molecular formula is C13H19NO6S. The molecule has 21 heavy (non-hydrogen) atoms. The Hall–Kier alpha value is -1.64. The van der Waals surface area contributed by atoms with Gasteiger partial charge in [0.25, 0.3) is 0 Å². The Labute approximate surface area is 123 Å². The van der Waals surface area contributed by atoms with E-state index >= 15 is 0 Å². The largest absolute Gasteiger partial charge is 0.493 e. The van der Waals surface area contributed by atoms with Gasteiger partial charge in [0.1, 0.15) is 5.75 Å². The summed E-state index contributed by atoms with van der Waals surface area (Å²) in [6.45, 7) is 1.59. The molecule has 1 aromatic carbocycles. The van der Waals surface area contributed by atoms with E-state index < -0.39 is 16.0 Å². The van der Waals surface area contributed by atoms with Crippen LogP contribution in [0.1, 0.15) is 19.8 Å². The first-order valence-electron chi connectivity index (χ1n) is 6.43. The zero-order valence-electron chi connectivity index (χ0n) is 11.7. The van der Waals surface area contributed by atoms with Gasteiger partial charge in [0.15, 0.2) is 0 Å². The number of sulfonamides is 1. The number of carboxylic acid groups (broad SMARTS) is 1. The van der Waals surface area contributed by atoms with Crippen LogP contribution < -0.4 is 9.46 Å². The molecule has 0 aromatic heterocycles. The van der Waals surface area contributed by atoms with Crippen LogP contribution in [0.4, 0.5) is 0 Å². The fraction of sp³-hybridized carbons (Fsp3) is 0.462. The second-order valence-electron chi connectivity index (χ2n) is 4.50. The lowest BCUT2D eigenvalue weighted by molar-refractivity contribution is -0.137. The van der Waals surface area contributed by atoms with Crippen LogP contribution in [0.3, 0.4) is 0 Å². The van der Waals surface area contributed by atoms with Crippen LogP contribution >= 0.6 is 0 Å². The molecule has 0 saturated heterocycles. The second kappa shape index (κ2) is 7.96. The van der Waals surface area contributed by atoms with Gasteiger partial charge in [-0.1, -0.05) is 0 Å². The van der Waals surface area contributed by atoms with Gasteiger partial charge in [-0.25, -0.2) is 13.1 Å². The monoisotopic (exact) mass is 317 g/mol. The fourth-order valence-electron chi connectivity index (χ4n) is 1.56. The summed E-state index contributed by atoms with van der Waals surface area (Å²) in [5.74, 6) is -0.560. The third kappa shape index (κ3) is 6.11. The predicted octanol–water partition coefficient (Wildman–Crippen LogP) is 0.589. The van der Waals surface area contributed by atoms with Gasteiger partial charge >= 0.3 is 5.97 Å². The highest BCUT2D eigenvalue weighted by atomic mass is 32.2. The number of carbonyl (C=O) groups is 1. The van der Waals surface area contributed by atoms with Gasteiger partial charge in [0.2, 0.25) is 10.0 Å². The van der Waals surface area contributed by atoms with Gasteiger partial charge in [-0.05, 0) is 37.6 Å². The summed E-state index contributed by atoms with van der Waals surface area (Å²) < 4.78 is 31.7. The van der Waals surface area contributed by atoms with Crippen LogP contribution in [-0.4, -0.2) is 43.9 Å². The predicted molar refractivity (Wildman–Crippen MR) is 75.7 cm³/mol. The molecule has 0 amide bonds. The number of hydrogen-bond acceptors (Lipinski definition) is 5. The standard InChI is InChI=1S/C13H19NO6S/c1-10(6-8-15)14-21(18,19)12-4-2-11(3-5-12)20-9-7-13(16)17/h2-5,10,14-15H,6-9H2,1H3,(H,16,17). The van der Waals surface area contributed by atoms with E-state index in [1.165, 1.54) is 24.3 Å². The molecule has 118 valence electrons. The van der Waals surface area contributed by atoms with Crippen molar-refractivity contribution in [3.63, 3.8) is 0 Å². The minimum atomic E-state index is -3.64. The highest BCUT2D eigenvalue weighted by molar-refractivity contribution is 7.89. The third-order valence-corrected chi connectivity index (χ3v) is 4.24. The Balaban J connectivity index is 2.66. The Morgan fingerprint density at radius 2 is 1.95 bits per heavy atom. The molecular weight excluding hydrogens is 298 g/mol. The van der Waals surface area contributed by atoms with Gasteiger partial charge < -0.3 is 14.9 Å². The first-order chi connectivity index (χ1) is 9.85. The van der Waals surface area contributed by atoms with Crippen molar-refractivity contribution in [2.75, 3.05) is 13.2 Å². The number of rotatable bonds is 9. The summed E-state index contributed by atoms with van der Waals surface area (Å²) in [6, 6.07) is 5.32. The summed E-state index contributed by atoms with van der Waals surface area (Å²) in [7, 11) is -3.64. The van der Waals surface area contributed by atoms with Gasteiger partial charge in [-0.15, -0.1) is 0 Å². The van der Waals surface area contributed by atoms with E-state index in [1.807, 2.05) is 0 Å². The average molecular weight is 317 g/mol. The fourth-order valence-corrected chi connectivity index (χ4v) is 2.83. The van der Waals surface area contributed by atoms with Crippen LogP contribution in [0, 0.1) is 0 Å². The quantitative estimate of drug-likeness (QED) is 0.614. The Kier molecular flexibility index (Phi) is 6.60. The summed E-state index contributed by atoms with van der Waals surface area (Å²) in [6.07, 6.45) is 0.204. The molecule has 3 N–H and O–H groups in total. The van der Waals surface area contributed by atoms with Crippen LogP contribution in [0.15, 0.2) is 29.2 Å². The molecule has 0 saturated carbocycles. The SMILES string of the molecule is CC(CCO)NS(=O)(=O)c1ccc(OCCC(=O)O)cc1. The van der Waals surface area contributed by atoms with Gasteiger partial charge in [0.05, 0.1) is 17.9 Å². The zero-order valence-corrected chi connectivity index (χ0v) is 12.5. The molecule has 8 heteroatoms. The van der Waals surface area contributed by atoms with E-state index in [0.29, 0.717) is 12.2 Å². The maximum Gasteiger partial charge on any atom is 0.306 e. The molecule has 0 fully saturated rings. The molecule has 0 spiro atoms. The van der Waals surface area contributed by atoms with Crippen molar-refractivity contribution in [1.29, 1.82) is 0 Å². The first kappa shape index (κ1) is 17.4. The van der Waals surface area contributed by atoms with Crippen molar-refractivity contribution < 1.29 is 28.2 Å². The third-order valence-electron chi connectivity index (χ3n) is 2.64. The summed E-state index contributed by atoms with van der Waals surface area (Å²) in [5.41, 5.74) is 0. The average Bonchev–Trinajstić information content (AvgIpc) is 2.38. The number of carboxylic acids is 1. The van der Waals surface area contributed by atoms with E-state index in [1.54, 1.807) is 6.92 Å². The van der Waals surface area contributed by atoms with Gasteiger partial charge in [-0.3, -0.25) is 4.79 Å². The lowest BCUT2D eigenvalue weighted by atomic mass is 10.3. The smallest absolute Gasteiger partial charge is 0.306 e. The molecule has 1 unspecified atom stereocenters. The van der Waals surface area contributed by atoms with Crippen molar-refractivity contribution in [3.8, 4) is 5.75 Å². The van der Waals surface area contributed by atoms with Crippen LogP contribution in [-0.2, 0) is 14.8 Å². The van der Waals surface area contributed by atoms with E-state index in [2.05, 4.69) is 4.72 Å². The van der Waals surface area contributed by atoms with Crippen molar-refractivity contribution in [2.24, 2.45) is 0 Å². The van der Waals surface area contributed by atoms with Gasteiger partial charge in [0, 0.05) is 12.6 Å². The molecule has 0 bridgehead atoms. The highest BCUT2D eigenvalue weighted by Crippen LogP contribution is 2.16. The van der Waals surface area contributed by atoms with E-state index in [4.69, 9.17) is 14.9 Å². The maximum absolute atomic E-state index is 12.0. The maximum atomic E-state index is 12.0. The van der Waals surface area contributed by atoms with Crippen LogP contribution in [0.25, 0.3) is 0 Å². The first-order valence-corrected chi connectivity index (χ1v) is 7.91. The van der Waals surface area contributed by atoms with Crippen LogP contribution in [0.5, 0.6) is 5.75 Å². The van der Waals surface area contributed by atoms with Crippen molar-refractivity contribution in [3.05, 3.63) is 24.3 Å². The minimum absolute atomic E-state index is 0.0210. The molecule has 0 aliphatic rings. The van der Waals surface area contributed by atoms with E-state index in [9.17, 15) is 13.2 Å². The number of nitrogens with one attached hydrogen (secondary N) is 1. The minimum Gasteiger partial charge on any atom is -0.493 e. The zero-order chi connectivity index (χ0) is 15.9. The Morgan fingerprint density at radius 3 is 2.48 bits per heavy atom. The van der Waals surface area contributed by atoms with E-state index in [0.717, 1.165) is 0 Å². The Bertz CT molecular complexity index is 555. The molecule has 0 radical (unpaired) electrons. The van der Waals surface area contributed by atoms with Crippen LogP contribution in [0.2, 0.25) is 0 Å². The number of ether oxygens (including phenoxy) is 1. The number of aliphatic hydroxyl groups excluding tert-OH is 1. The summed E-state index contributed by atoms with van der Waals surface area (Å²) >= 11 is 0. The normalized spacial score (nSPS) is 12.9. The Morgan fingerprint density at radius 1 is 1.33 bits per heavy atom. The number of hydrogen-bond donors (Lipinski definition) is 3. The molecule has 0 aliphatic carbocycles. The summed E-state index contributed by atoms with van der Waals surface area (Å²) in [5, 5.41) is 17.3. The summed E-state index contributed by atoms with van der Waals surface area (Å²) in [4.78, 5) is 10.4. The molecule has 7 nitrogen and oxygen atoms in total. The lowest BCUT2D eigenvalue weighted by Crippen LogP contribution is -2.33. The molecule has 0 heterocycles. The number of benzene rings is 1. The molecule has 1 rings (SSSR count). The number of aliphatic hydroxyl groups is 1. The van der Waals surface area contributed by atoms with Crippen molar-refractivity contribution >= 4 is 16.0 Å². The second-order valence-corrected chi connectivity index (χ2v) is 6.21. The lowest BCUT2D eigenvalue weighted by Gasteiger charge is -2.13. The van der Waals surface area contributed by atoms with Crippen molar-refractivity contribution in [1.82, 2.24) is 4.72 Å². The van der Waals surface area contributed by atoms with E-state index in [-0.39, 0.29) is 30.6 Å². The topological polar surface area (TPSA) is 113 Å². The number of aliphatic carboxylic acids is 1.